The molecule has 0 heterocycles. The van der Waals surface area contributed by atoms with Crippen LogP contribution in [-0.2, 0) is 9.59 Å². The molecule has 3 nitrogen and oxygen atoms in total. The van der Waals surface area contributed by atoms with Gasteiger partial charge in [-0.25, -0.2) is 0 Å². The average Bonchev–Trinajstić information content (AvgIpc) is 2.82. The predicted molar refractivity (Wildman–Crippen MR) is 99.0 cm³/mol. The molecule has 0 radical (unpaired) electrons. The molecular weight excluding hydrogens is 300 g/mol. The summed E-state index contributed by atoms with van der Waals surface area (Å²) in [5.41, 5.74) is -0.0982. The zero-order valence-electron chi connectivity index (χ0n) is 16.7. The second-order valence-corrected chi connectivity index (χ2v) is 9.47. The van der Waals surface area contributed by atoms with Crippen LogP contribution in [0, 0.1) is 28.6 Å². The fourth-order valence-electron chi connectivity index (χ4n) is 3.84. The van der Waals surface area contributed by atoms with Crippen LogP contribution in [0.5, 0.6) is 0 Å². The second kappa shape index (κ2) is 8.49. The van der Waals surface area contributed by atoms with Crippen LogP contribution in [0.25, 0.3) is 0 Å². The van der Waals surface area contributed by atoms with Crippen LogP contribution in [0.1, 0.15) is 92.9 Å². The molecule has 3 heteroatoms. The van der Waals surface area contributed by atoms with Gasteiger partial charge in [0.1, 0.15) is 5.78 Å². The van der Waals surface area contributed by atoms with Crippen LogP contribution in [-0.4, -0.2) is 16.9 Å². The first-order chi connectivity index (χ1) is 11.0. The van der Waals surface area contributed by atoms with Gasteiger partial charge < -0.3 is 5.11 Å². The summed E-state index contributed by atoms with van der Waals surface area (Å²) in [6.45, 7) is 13.8. The van der Waals surface area contributed by atoms with E-state index in [0.717, 1.165) is 31.1 Å². The van der Waals surface area contributed by atoms with Crippen LogP contribution >= 0.6 is 0 Å². The highest BCUT2D eigenvalue weighted by Crippen LogP contribution is 2.47. The summed E-state index contributed by atoms with van der Waals surface area (Å²) in [7, 11) is 0. The van der Waals surface area contributed by atoms with Gasteiger partial charge in [0.15, 0.2) is 0 Å². The maximum atomic E-state index is 11.7. The lowest BCUT2D eigenvalue weighted by Gasteiger charge is -2.37. The first-order valence-electron chi connectivity index (χ1n) is 9.71. The number of Topliss-reactive ketones (excluding diaryl/α,β-unsaturated/α-hetero) is 1. The molecule has 0 saturated heterocycles. The minimum absolute atomic E-state index is 0.146. The Balaban J connectivity index is 2.61. The maximum absolute atomic E-state index is 11.7. The quantitative estimate of drug-likeness (QED) is 0.554. The van der Waals surface area contributed by atoms with Gasteiger partial charge in [-0.1, -0.05) is 48.0 Å². The number of aliphatic carboxylic acids is 1. The highest BCUT2D eigenvalue weighted by Gasteiger charge is 2.41. The van der Waals surface area contributed by atoms with E-state index in [1.165, 1.54) is 12.8 Å². The minimum Gasteiger partial charge on any atom is -0.481 e. The topological polar surface area (TPSA) is 54.4 Å². The number of carbonyl (C=O) groups is 2. The van der Waals surface area contributed by atoms with Crippen molar-refractivity contribution >= 4 is 11.8 Å². The smallest absolute Gasteiger partial charge is 0.303 e. The Kier molecular flexibility index (Phi) is 7.49. The molecule has 0 aliphatic heterocycles. The third kappa shape index (κ3) is 6.22. The molecule has 1 rings (SSSR count). The van der Waals surface area contributed by atoms with Crippen LogP contribution in [0.4, 0.5) is 0 Å². The lowest BCUT2D eigenvalue weighted by Crippen LogP contribution is -2.28. The van der Waals surface area contributed by atoms with Gasteiger partial charge in [-0.3, -0.25) is 9.59 Å². The molecule has 0 spiro atoms. The molecule has 1 aliphatic carbocycles. The fourth-order valence-corrected chi connectivity index (χ4v) is 3.84. The maximum Gasteiger partial charge on any atom is 0.303 e. The number of rotatable bonds is 10. The summed E-state index contributed by atoms with van der Waals surface area (Å²) in [5, 5.41) is 9.25. The van der Waals surface area contributed by atoms with Gasteiger partial charge in [-0.2, -0.15) is 0 Å². The van der Waals surface area contributed by atoms with E-state index >= 15 is 0 Å². The number of carboxylic acid groups (broad SMARTS) is 1. The highest BCUT2D eigenvalue weighted by molar-refractivity contribution is 5.82. The molecule has 0 bridgehead atoms. The van der Waals surface area contributed by atoms with Crippen molar-refractivity contribution < 1.29 is 14.7 Å². The summed E-state index contributed by atoms with van der Waals surface area (Å²) < 4.78 is 0. The third-order valence-electron chi connectivity index (χ3n) is 6.86. The fraction of sp³-hybridized carbons (Fsp3) is 0.905. The van der Waals surface area contributed by atoms with E-state index in [9.17, 15) is 14.7 Å². The molecule has 1 N–H and O–H groups in total. The lowest BCUT2D eigenvalue weighted by atomic mass is 9.68. The van der Waals surface area contributed by atoms with Crippen molar-refractivity contribution in [3.63, 3.8) is 0 Å². The molecule has 3 atom stereocenters. The number of hydrogen-bond donors (Lipinski definition) is 1. The lowest BCUT2D eigenvalue weighted by molar-refractivity contribution is -0.140. The van der Waals surface area contributed by atoms with Crippen molar-refractivity contribution in [1.82, 2.24) is 0 Å². The summed E-state index contributed by atoms with van der Waals surface area (Å²) >= 11 is 0. The molecule has 0 aromatic carbocycles. The van der Waals surface area contributed by atoms with Crippen molar-refractivity contribution in [3.05, 3.63) is 0 Å². The monoisotopic (exact) mass is 338 g/mol. The van der Waals surface area contributed by atoms with Crippen molar-refractivity contribution in [2.75, 3.05) is 0 Å². The Labute approximate surface area is 148 Å². The van der Waals surface area contributed by atoms with Crippen LogP contribution in [0.3, 0.4) is 0 Å². The van der Waals surface area contributed by atoms with E-state index in [2.05, 4.69) is 41.5 Å². The molecule has 1 saturated carbocycles. The Hall–Kier alpha value is -0.860. The van der Waals surface area contributed by atoms with E-state index in [1.54, 1.807) is 0 Å². The molecule has 0 aromatic heterocycles. The largest absolute Gasteiger partial charge is 0.481 e. The highest BCUT2D eigenvalue weighted by atomic mass is 16.4. The van der Waals surface area contributed by atoms with Crippen LogP contribution < -0.4 is 0 Å². The first kappa shape index (κ1) is 21.2. The van der Waals surface area contributed by atoms with E-state index in [0.29, 0.717) is 18.8 Å². The second-order valence-electron chi connectivity index (χ2n) is 9.47. The number of hydrogen-bond acceptors (Lipinski definition) is 2. The average molecular weight is 339 g/mol. The van der Waals surface area contributed by atoms with Crippen LogP contribution in [0.15, 0.2) is 0 Å². The summed E-state index contributed by atoms with van der Waals surface area (Å²) in [4.78, 5) is 23.0. The molecule has 0 amide bonds. The molecule has 1 fully saturated rings. The van der Waals surface area contributed by atoms with Crippen molar-refractivity contribution in [2.45, 2.75) is 92.9 Å². The van der Waals surface area contributed by atoms with Crippen molar-refractivity contribution in [2.24, 2.45) is 28.6 Å². The standard InChI is InChI=1S/C21H38O3/c1-15(2)16(3)7-8-17(4)20(5,6)11-12-21(14-19(23)24)10-9-18(22)13-21/h15-17H,7-14H2,1-6H3,(H,23,24)/t16-,17+,21?/m0/s1. The van der Waals surface area contributed by atoms with E-state index in [4.69, 9.17) is 0 Å². The van der Waals surface area contributed by atoms with Crippen molar-refractivity contribution in [3.8, 4) is 0 Å². The first-order valence-corrected chi connectivity index (χ1v) is 9.71. The van der Waals surface area contributed by atoms with Gasteiger partial charge in [-0.05, 0) is 54.3 Å². The Morgan fingerprint density at radius 2 is 1.83 bits per heavy atom. The number of carboxylic acids is 1. The summed E-state index contributed by atoms with van der Waals surface area (Å²) in [5.74, 6) is 1.56. The normalized spacial score (nSPS) is 24.4. The molecule has 24 heavy (non-hydrogen) atoms. The summed E-state index contributed by atoms with van der Waals surface area (Å²) in [6.07, 6.45) is 6.27. The number of ketones is 1. The molecule has 0 aromatic rings. The molecular formula is C21H38O3. The Bertz CT molecular complexity index is 438. The van der Waals surface area contributed by atoms with E-state index in [1.807, 2.05) is 0 Å². The Morgan fingerprint density at radius 1 is 1.21 bits per heavy atom. The molecule has 1 aliphatic rings. The number of carbonyl (C=O) groups excluding carboxylic acids is 1. The van der Waals surface area contributed by atoms with Gasteiger partial charge in [-0.15, -0.1) is 0 Å². The molecule has 140 valence electrons. The van der Waals surface area contributed by atoms with Gasteiger partial charge >= 0.3 is 5.97 Å². The van der Waals surface area contributed by atoms with E-state index < -0.39 is 5.97 Å². The van der Waals surface area contributed by atoms with Gasteiger partial charge in [0.25, 0.3) is 0 Å². The van der Waals surface area contributed by atoms with Crippen molar-refractivity contribution in [1.29, 1.82) is 0 Å². The van der Waals surface area contributed by atoms with Gasteiger partial charge in [0.05, 0.1) is 6.42 Å². The third-order valence-corrected chi connectivity index (χ3v) is 6.86. The minimum atomic E-state index is -0.763. The SMILES string of the molecule is CC(C)[C@@H](C)CC[C@@H](C)C(C)(C)CCC1(CC(=O)O)CCC(=O)C1. The zero-order chi connectivity index (χ0) is 18.5. The predicted octanol–water partition coefficient (Wildman–Crippen LogP) is 5.72. The zero-order valence-corrected chi connectivity index (χ0v) is 16.7. The Morgan fingerprint density at radius 3 is 2.29 bits per heavy atom. The van der Waals surface area contributed by atoms with Crippen LogP contribution in [0.2, 0.25) is 0 Å². The summed E-state index contributed by atoms with van der Waals surface area (Å²) in [6, 6.07) is 0. The van der Waals surface area contributed by atoms with E-state index in [-0.39, 0.29) is 23.0 Å². The molecule has 1 unspecified atom stereocenters. The van der Waals surface area contributed by atoms with Gasteiger partial charge in [0.2, 0.25) is 0 Å². The van der Waals surface area contributed by atoms with Gasteiger partial charge in [0, 0.05) is 12.8 Å².